The maximum absolute atomic E-state index is 12.6. The zero-order valence-electron chi connectivity index (χ0n) is 14.3. The van der Waals surface area contributed by atoms with E-state index in [1.165, 1.54) is 11.3 Å². The number of nitrogens with zero attached hydrogens (tertiary/aromatic N) is 2. The van der Waals surface area contributed by atoms with Crippen LogP contribution in [0.5, 0.6) is 0 Å². The van der Waals surface area contributed by atoms with Crippen molar-refractivity contribution in [3.8, 4) is 0 Å². The van der Waals surface area contributed by atoms with Crippen LogP contribution in [0.4, 0.5) is 0 Å². The van der Waals surface area contributed by atoms with Crippen LogP contribution in [0.1, 0.15) is 35.3 Å². The highest BCUT2D eigenvalue weighted by Crippen LogP contribution is 2.26. The minimum absolute atomic E-state index is 0.385. The molecule has 7 heteroatoms. The number of carboxylic acids is 1. The molecule has 0 spiro atoms. The summed E-state index contributed by atoms with van der Waals surface area (Å²) in [5.41, 5.74) is 2.28. The van der Waals surface area contributed by atoms with Gasteiger partial charge in [0.15, 0.2) is 4.80 Å². The van der Waals surface area contributed by atoms with Gasteiger partial charge in [0.1, 0.15) is 6.04 Å². The number of rotatable bonds is 4. The molecular weight excluding hydrogens is 416 g/mol. The summed E-state index contributed by atoms with van der Waals surface area (Å²) >= 11 is 4.74. The molecule has 3 aromatic rings. The van der Waals surface area contributed by atoms with E-state index in [9.17, 15) is 14.7 Å². The van der Waals surface area contributed by atoms with E-state index in [-0.39, 0.29) is 5.91 Å². The zero-order valence-corrected chi connectivity index (χ0v) is 16.7. The van der Waals surface area contributed by atoms with Gasteiger partial charge in [-0.05, 0) is 43.7 Å². The third-order valence-electron chi connectivity index (χ3n) is 4.07. The molecule has 1 N–H and O–H groups in total. The van der Waals surface area contributed by atoms with Crippen molar-refractivity contribution in [2.45, 2.75) is 26.3 Å². The van der Waals surface area contributed by atoms with Crippen molar-refractivity contribution in [1.82, 2.24) is 4.57 Å². The summed E-state index contributed by atoms with van der Waals surface area (Å²) in [6.07, 6.45) is 0.388. The predicted molar refractivity (Wildman–Crippen MR) is 106 cm³/mol. The number of fused-ring (bicyclic) bond motifs is 1. The zero-order chi connectivity index (χ0) is 18.8. The summed E-state index contributed by atoms with van der Waals surface area (Å²) in [6, 6.07) is 12.0. The lowest BCUT2D eigenvalue weighted by molar-refractivity contribution is -0.140. The molecule has 0 saturated heterocycles. The molecule has 0 aliphatic carbocycles. The average Bonchev–Trinajstić information content (AvgIpc) is 2.93. The molecule has 3 rings (SSSR count). The molecule has 5 nitrogen and oxygen atoms in total. The van der Waals surface area contributed by atoms with Gasteiger partial charge in [0, 0.05) is 10.0 Å². The van der Waals surface area contributed by atoms with E-state index in [2.05, 4.69) is 20.9 Å². The van der Waals surface area contributed by atoms with Crippen molar-refractivity contribution in [1.29, 1.82) is 0 Å². The Balaban J connectivity index is 2.22. The molecule has 26 heavy (non-hydrogen) atoms. The first-order chi connectivity index (χ1) is 12.4. The Labute approximate surface area is 162 Å². The molecule has 0 radical (unpaired) electrons. The third-order valence-corrected chi connectivity index (χ3v) is 5.60. The second kappa shape index (κ2) is 7.55. The molecule has 1 heterocycles. The summed E-state index contributed by atoms with van der Waals surface area (Å²) < 4.78 is 3.36. The topological polar surface area (TPSA) is 71.7 Å². The minimum Gasteiger partial charge on any atom is -0.480 e. The summed E-state index contributed by atoms with van der Waals surface area (Å²) in [7, 11) is 0. The van der Waals surface area contributed by atoms with Crippen LogP contribution in [0.15, 0.2) is 51.9 Å². The quantitative estimate of drug-likeness (QED) is 0.656. The Kier molecular flexibility index (Phi) is 5.38. The Morgan fingerprint density at radius 3 is 2.54 bits per heavy atom. The Morgan fingerprint density at radius 2 is 1.92 bits per heavy atom. The first kappa shape index (κ1) is 18.5. The maximum Gasteiger partial charge on any atom is 0.326 e. The number of halogens is 1. The lowest BCUT2D eigenvalue weighted by Crippen LogP contribution is -2.27. The molecular formula is C19H17BrN2O3S. The Bertz CT molecular complexity index is 1050. The van der Waals surface area contributed by atoms with Crippen LogP contribution in [-0.4, -0.2) is 21.6 Å². The number of amides is 1. The molecule has 0 aliphatic rings. The third kappa shape index (κ3) is 3.64. The largest absolute Gasteiger partial charge is 0.480 e. The van der Waals surface area contributed by atoms with Gasteiger partial charge in [0.25, 0.3) is 5.91 Å². The van der Waals surface area contributed by atoms with Crippen molar-refractivity contribution in [3.05, 3.63) is 62.9 Å². The van der Waals surface area contributed by atoms with E-state index in [1.54, 1.807) is 23.6 Å². The predicted octanol–water partition coefficient (Wildman–Crippen LogP) is 4.55. The van der Waals surface area contributed by atoms with Gasteiger partial charge in [0.05, 0.1) is 10.2 Å². The van der Waals surface area contributed by atoms with Gasteiger partial charge in [-0.2, -0.15) is 4.99 Å². The molecule has 1 unspecified atom stereocenters. The molecule has 0 bridgehead atoms. The van der Waals surface area contributed by atoms with Crippen LogP contribution in [0.2, 0.25) is 0 Å². The van der Waals surface area contributed by atoms with E-state index < -0.39 is 12.0 Å². The van der Waals surface area contributed by atoms with Gasteiger partial charge in [-0.25, -0.2) is 4.79 Å². The number of thiazole rings is 1. The monoisotopic (exact) mass is 432 g/mol. The fourth-order valence-corrected chi connectivity index (χ4v) is 4.10. The summed E-state index contributed by atoms with van der Waals surface area (Å²) in [5.74, 6) is -1.33. The van der Waals surface area contributed by atoms with Gasteiger partial charge in [0.2, 0.25) is 0 Å². The second-order valence-corrected chi connectivity index (χ2v) is 7.84. The molecule has 134 valence electrons. The van der Waals surface area contributed by atoms with Gasteiger partial charge >= 0.3 is 5.97 Å². The molecule has 0 fully saturated rings. The number of benzene rings is 2. The standard InChI is InChI=1S/C19H17BrN2O3S/c1-3-14(18(24)25)22-15-10-13(20)8-9-16(15)26-19(22)21-17(23)12-6-4-11(2)5-7-12/h4-10,14H,3H2,1-2H3,(H,24,25). The minimum atomic E-state index is -0.948. The number of aliphatic carboxylic acids is 1. The SMILES string of the molecule is CCC(C(=O)O)n1c(=NC(=O)c2ccc(C)cc2)sc2ccc(Br)cc21. The summed E-state index contributed by atoms with van der Waals surface area (Å²) in [4.78, 5) is 28.9. The molecule has 2 aromatic carbocycles. The maximum atomic E-state index is 12.6. The Hall–Kier alpha value is -2.25. The number of aromatic nitrogens is 1. The fourth-order valence-electron chi connectivity index (χ4n) is 2.71. The van der Waals surface area contributed by atoms with Gasteiger partial charge in [-0.3, -0.25) is 4.79 Å². The van der Waals surface area contributed by atoms with Gasteiger partial charge in [-0.15, -0.1) is 0 Å². The van der Waals surface area contributed by atoms with Gasteiger partial charge in [-0.1, -0.05) is 51.9 Å². The van der Waals surface area contributed by atoms with E-state index in [4.69, 9.17) is 0 Å². The lowest BCUT2D eigenvalue weighted by atomic mass is 10.1. The van der Waals surface area contributed by atoms with E-state index in [0.29, 0.717) is 16.8 Å². The lowest BCUT2D eigenvalue weighted by Gasteiger charge is -2.13. The van der Waals surface area contributed by atoms with E-state index in [1.807, 2.05) is 37.3 Å². The number of carboxylic acid groups (broad SMARTS) is 1. The highest BCUT2D eigenvalue weighted by Gasteiger charge is 2.22. The van der Waals surface area contributed by atoms with Crippen LogP contribution >= 0.6 is 27.3 Å². The van der Waals surface area contributed by atoms with Crippen molar-refractivity contribution in [3.63, 3.8) is 0 Å². The molecule has 0 aliphatic heterocycles. The molecule has 1 atom stereocenters. The molecule has 0 saturated carbocycles. The Morgan fingerprint density at radius 1 is 1.23 bits per heavy atom. The van der Waals surface area contributed by atoms with Crippen molar-refractivity contribution in [2.75, 3.05) is 0 Å². The first-order valence-electron chi connectivity index (χ1n) is 8.10. The number of hydrogen-bond donors (Lipinski definition) is 1. The summed E-state index contributed by atoms with van der Waals surface area (Å²) in [5, 5.41) is 9.63. The van der Waals surface area contributed by atoms with Crippen LogP contribution in [0.3, 0.4) is 0 Å². The highest BCUT2D eigenvalue weighted by molar-refractivity contribution is 9.10. The second-order valence-electron chi connectivity index (χ2n) is 5.91. The normalized spacial score (nSPS) is 13.1. The van der Waals surface area contributed by atoms with E-state index >= 15 is 0 Å². The highest BCUT2D eigenvalue weighted by atomic mass is 79.9. The van der Waals surface area contributed by atoms with Crippen molar-refractivity contribution >= 4 is 49.4 Å². The van der Waals surface area contributed by atoms with Gasteiger partial charge < -0.3 is 9.67 Å². The smallest absolute Gasteiger partial charge is 0.326 e. The van der Waals surface area contributed by atoms with Crippen LogP contribution in [0, 0.1) is 6.92 Å². The molecule has 1 aromatic heterocycles. The summed E-state index contributed by atoms with van der Waals surface area (Å²) in [6.45, 7) is 3.75. The first-order valence-corrected chi connectivity index (χ1v) is 9.70. The van der Waals surface area contributed by atoms with Crippen LogP contribution in [0.25, 0.3) is 10.2 Å². The van der Waals surface area contributed by atoms with Crippen LogP contribution < -0.4 is 4.80 Å². The number of hydrogen-bond acceptors (Lipinski definition) is 3. The number of aryl methyl sites for hydroxylation is 1. The van der Waals surface area contributed by atoms with Crippen molar-refractivity contribution in [2.24, 2.45) is 4.99 Å². The average molecular weight is 433 g/mol. The fraction of sp³-hybridized carbons (Fsp3) is 0.211. The molecule has 1 amide bonds. The van der Waals surface area contributed by atoms with E-state index in [0.717, 1.165) is 20.3 Å². The van der Waals surface area contributed by atoms with Crippen LogP contribution in [-0.2, 0) is 4.79 Å². The number of carbonyl (C=O) groups is 2. The van der Waals surface area contributed by atoms with Crippen molar-refractivity contribution < 1.29 is 14.7 Å². The number of carbonyl (C=O) groups excluding carboxylic acids is 1.